The van der Waals surface area contributed by atoms with Gasteiger partial charge in [-0.2, -0.15) is 0 Å². The number of hydrogen-bond acceptors (Lipinski definition) is 4. The molecule has 1 aliphatic rings. The molecular weight excluding hydrogens is 308 g/mol. The van der Waals surface area contributed by atoms with E-state index in [-0.39, 0.29) is 5.91 Å². The molecule has 0 aromatic carbocycles. The smallest absolute Gasteiger partial charge is 0.257 e. The zero-order chi connectivity index (χ0) is 13.8. The van der Waals surface area contributed by atoms with Crippen molar-refractivity contribution in [3.63, 3.8) is 0 Å². The van der Waals surface area contributed by atoms with Crippen LogP contribution in [0.25, 0.3) is 0 Å². The number of aromatic nitrogens is 1. The van der Waals surface area contributed by atoms with Crippen LogP contribution in [0.3, 0.4) is 0 Å². The third-order valence-corrected chi connectivity index (χ3v) is 3.65. The first kappa shape index (κ1) is 14.3. The number of rotatable bonds is 3. The first-order chi connectivity index (χ1) is 9.11. The molecule has 0 saturated carbocycles. The molecule has 5 nitrogen and oxygen atoms in total. The van der Waals surface area contributed by atoms with Crippen molar-refractivity contribution in [3.05, 3.63) is 22.3 Å². The molecule has 0 atom stereocenters. The van der Waals surface area contributed by atoms with E-state index in [1.807, 2.05) is 17.9 Å². The fourth-order valence-electron chi connectivity index (χ4n) is 2.09. The molecule has 1 aromatic heterocycles. The lowest BCUT2D eigenvalue weighted by molar-refractivity contribution is 0.0664. The average Bonchev–Trinajstić information content (AvgIpc) is 2.41. The van der Waals surface area contributed by atoms with Crippen molar-refractivity contribution in [3.8, 4) is 0 Å². The molecule has 0 spiro atoms. The van der Waals surface area contributed by atoms with Gasteiger partial charge in [0.05, 0.1) is 5.56 Å². The number of pyridine rings is 1. The van der Waals surface area contributed by atoms with Gasteiger partial charge in [0.15, 0.2) is 0 Å². The molecule has 0 aliphatic carbocycles. The zero-order valence-electron chi connectivity index (χ0n) is 11.3. The molecule has 1 saturated heterocycles. The molecule has 1 amide bonds. The van der Waals surface area contributed by atoms with Gasteiger partial charge in [-0.15, -0.1) is 0 Å². The highest BCUT2D eigenvalue weighted by molar-refractivity contribution is 9.10. The van der Waals surface area contributed by atoms with Crippen molar-refractivity contribution in [2.45, 2.75) is 6.92 Å². The van der Waals surface area contributed by atoms with Crippen LogP contribution in [0.15, 0.2) is 16.7 Å². The van der Waals surface area contributed by atoms with Crippen LogP contribution in [0, 0.1) is 0 Å². The molecule has 1 N–H and O–H groups in total. The second-order valence-corrected chi connectivity index (χ2v) is 5.59. The van der Waals surface area contributed by atoms with Gasteiger partial charge in [0, 0.05) is 43.4 Å². The van der Waals surface area contributed by atoms with E-state index < -0.39 is 0 Å². The molecule has 104 valence electrons. The summed E-state index contributed by atoms with van der Waals surface area (Å²) >= 11 is 3.38. The van der Waals surface area contributed by atoms with Crippen molar-refractivity contribution < 1.29 is 4.79 Å². The molecule has 1 fully saturated rings. The van der Waals surface area contributed by atoms with E-state index in [1.165, 1.54) is 0 Å². The molecular formula is C13H19BrN4O. The summed E-state index contributed by atoms with van der Waals surface area (Å²) < 4.78 is 0.826. The number of carbonyl (C=O) groups excluding carboxylic acids is 1. The summed E-state index contributed by atoms with van der Waals surface area (Å²) in [5, 5.41) is 3.14. The Balaban J connectivity index is 2.20. The first-order valence-corrected chi connectivity index (χ1v) is 7.28. The third kappa shape index (κ3) is 3.45. The summed E-state index contributed by atoms with van der Waals surface area (Å²) in [5.74, 6) is 0.715. The maximum atomic E-state index is 12.6. The Morgan fingerprint density at radius 2 is 2.11 bits per heavy atom. The third-order valence-electron chi connectivity index (χ3n) is 3.22. The summed E-state index contributed by atoms with van der Waals surface area (Å²) in [6.45, 7) is 6.12. The van der Waals surface area contributed by atoms with Crippen LogP contribution in [0.1, 0.15) is 17.3 Å². The van der Waals surface area contributed by atoms with Crippen LogP contribution in [0.5, 0.6) is 0 Å². The van der Waals surface area contributed by atoms with E-state index in [0.717, 1.165) is 37.2 Å². The second-order valence-electron chi connectivity index (χ2n) is 4.68. The minimum absolute atomic E-state index is 0.0536. The fourth-order valence-corrected chi connectivity index (χ4v) is 2.42. The van der Waals surface area contributed by atoms with E-state index in [9.17, 15) is 4.79 Å². The predicted molar refractivity (Wildman–Crippen MR) is 79.5 cm³/mol. The van der Waals surface area contributed by atoms with Crippen molar-refractivity contribution in [1.82, 2.24) is 14.8 Å². The molecule has 6 heteroatoms. The van der Waals surface area contributed by atoms with Gasteiger partial charge >= 0.3 is 0 Å². The molecule has 0 unspecified atom stereocenters. The summed E-state index contributed by atoms with van der Waals surface area (Å²) in [6.07, 6.45) is 1.71. The number of hydrogen-bond donors (Lipinski definition) is 1. The number of nitrogens with zero attached hydrogens (tertiary/aromatic N) is 3. The van der Waals surface area contributed by atoms with Gasteiger partial charge in [-0.3, -0.25) is 4.79 Å². The number of carbonyl (C=O) groups is 1. The van der Waals surface area contributed by atoms with Crippen LogP contribution in [0.2, 0.25) is 0 Å². The van der Waals surface area contributed by atoms with Gasteiger partial charge in [-0.25, -0.2) is 4.98 Å². The topological polar surface area (TPSA) is 48.5 Å². The number of likely N-dealkylation sites (N-methyl/N-ethyl adjacent to an activating group) is 1. The minimum Gasteiger partial charge on any atom is -0.370 e. The zero-order valence-corrected chi connectivity index (χ0v) is 12.9. The maximum Gasteiger partial charge on any atom is 0.257 e. The SMILES string of the molecule is CCNc1ncc(Br)cc1C(=O)N1CCN(C)CC1. The Labute approximate surface area is 122 Å². The fraction of sp³-hybridized carbons (Fsp3) is 0.538. The molecule has 0 bridgehead atoms. The second kappa shape index (κ2) is 6.34. The van der Waals surface area contributed by atoms with E-state index in [2.05, 4.69) is 38.2 Å². The van der Waals surface area contributed by atoms with Gasteiger partial charge in [-0.05, 0) is 36.0 Å². The van der Waals surface area contributed by atoms with Gasteiger partial charge in [0.25, 0.3) is 5.91 Å². The molecule has 1 aromatic rings. The minimum atomic E-state index is 0.0536. The summed E-state index contributed by atoms with van der Waals surface area (Å²) in [4.78, 5) is 21.0. The highest BCUT2D eigenvalue weighted by atomic mass is 79.9. The van der Waals surface area contributed by atoms with E-state index in [0.29, 0.717) is 11.4 Å². The number of anilines is 1. The van der Waals surface area contributed by atoms with Gasteiger partial charge in [0.1, 0.15) is 5.82 Å². The Bertz CT molecular complexity index is 458. The largest absolute Gasteiger partial charge is 0.370 e. The molecule has 0 radical (unpaired) electrons. The van der Waals surface area contributed by atoms with Crippen LogP contribution in [-0.2, 0) is 0 Å². The number of amides is 1. The van der Waals surface area contributed by atoms with Crippen molar-refractivity contribution in [1.29, 1.82) is 0 Å². The van der Waals surface area contributed by atoms with Crippen LogP contribution in [-0.4, -0.2) is 60.5 Å². The van der Waals surface area contributed by atoms with Gasteiger partial charge < -0.3 is 15.1 Å². The standard InChI is InChI=1S/C13H19BrN4O/c1-3-15-12-11(8-10(14)9-16-12)13(19)18-6-4-17(2)5-7-18/h8-9H,3-7H2,1-2H3,(H,15,16). The Hall–Kier alpha value is -1.14. The molecule has 19 heavy (non-hydrogen) atoms. The predicted octanol–water partition coefficient (Wildman–Crippen LogP) is 1.66. The molecule has 2 heterocycles. The van der Waals surface area contributed by atoms with Crippen molar-refractivity contribution in [2.24, 2.45) is 0 Å². The summed E-state index contributed by atoms with van der Waals surface area (Å²) in [5.41, 5.74) is 0.640. The monoisotopic (exact) mass is 326 g/mol. The highest BCUT2D eigenvalue weighted by Crippen LogP contribution is 2.20. The van der Waals surface area contributed by atoms with Crippen molar-refractivity contribution >= 4 is 27.7 Å². The summed E-state index contributed by atoms with van der Waals surface area (Å²) in [6, 6.07) is 1.84. The van der Waals surface area contributed by atoms with Crippen LogP contribution >= 0.6 is 15.9 Å². The normalized spacial score (nSPS) is 16.5. The molecule has 1 aliphatic heterocycles. The van der Waals surface area contributed by atoms with Gasteiger partial charge in [0.2, 0.25) is 0 Å². The van der Waals surface area contributed by atoms with Gasteiger partial charge in [-0.1, -0.05) is 0 Å². The Morgan fingerprint density at radius 3 is 2.74 bits per heavy atom. The average molecular weight is 327 g/mol. The molecule has 2 rings (SSSR count). The lowest BCUT2D eigenvalue weighted by Crippen LogP contribution is -2.47. The quantitative estimate of drug-likeness (QED) is 0.917. The summed E-state index contributed by atoms with van der Waals surface area (Å²) in [7, 11) is 2.08. The van der Waals surface area contributed by atoms with E-state index in [4.69, 9.17) is 0 Å². The van der Waals surface area contributed by atoms with E-state index >= 15 is 0 Å². The van der Waals surface area contributed by atoms with Crippen LogP contribution in [0.4, 0.5) is 5.82 Å². The van der Waals surface area contributed by atoms with E-state index in [1.54, 1.807) is 6.20 Å². The number of halogens is 1. The number of piperazine rings is 1. The first-order valence-electron chi connectivity index (χ1n) is 6.49. The lowest BCUT2D eigenvalue weighted by atomic mass is 10.2. The van der Waals surface area contributed by atoms with Crippen molar-refractivity contribution in [2.75, 3.05) is 45.1 Å². The Kier molecular flexibility index (Phi) is 4.76. The Morgan fingerprint density at radius 1 is 1.42 bits per heavy atom. The number of nitrogens with one attached hydrogen (secondary N) is 1. The maximum absolute atomic E-state index is 12.6. The van der Waals surface area contributed by atoms with Crippen LogP contribution < -0.4 is 5.32 Å². The lowest BCUT2D eigenvalue weighted by Gasteiger charge is -2.32. The highest BCUT2D eigenvalue weighted by Gasteiger charge is 2.23.